The molecule has 3 aromatic rings. The number of halogens is 1. The summed E-state index contributed by atoms with van der Waals surface area (Å²) in [6, 6.07) is 13.5. The number of fused-ring (bicyclic) bond motifs is 1. The highest BCUT2D eigenvalue weighted by molar-refractivity contribution is 5.75. The van der Waals surface area contributed by atoms with Gasteiger partial charge >= 0.3 is 0 Å². The average Bonchev–Trinajstić information content (AvgIpc) is 2.82. The summed E-state index contributed by atoms with van der Waals surface area (Å²) in [6.45, 7) is 0. The van der Waals surface area contributed by atoms with Crippen molar-refractivity contribution in [3.8, 4) is 11.8 Å². The van der Waals surface area contributed by atoms with Crippen LogP contribution in [0.5, 0.6) is 0 Å². The molecule has 5 heteroatoms. The lowest BCUT2D eigenvalue weighted by Crippen LogP contribution is -2.00. The molecule has 0 saturated heterocycles. The molecule has 1 heterocycles. The minimum Gasteiger partial charge on any atom is -0.210 e. The van der Waals surface area contributed by atoms with Crippen LogP contribution in [0.25, 0.3) is 16.7 Å². The van der Waals surface area contributed by atoms with Crippen LogP contribution in [0.1, 0.15) is 5.56 Å². The largest absolute Gasteiger partial charge is 0.210 e. The topological polar surface area (TPSA) is 54.5 Å². The quantitative estimate of drug-likeness (QED) is 0.654. The van der Waals surface area contributed by atoms with Crippen LogP contribution in [0, 0.1) is 17.1 Å². The van der Waals surface area contributed by atoms with E-state index < -0.39 is 5.82 Å². The van der Waals surface area contributed by atoms with Crippen LogP contribution in [0.15, 0.2) is 42.5 Å². The molecule has 0 fully saturated rings. The van der Waals surface area contributed by atoms with E-state index >= 15 is 0 Å². The van der Waals surface area contributed by atoms with E-state index in [2.05, 4.69) is 10.3 Å². The van der Waals surface area contributed by atoms with E-state index in [1.54, 1.807) is 12.1 Å². The molecule has 0 N–H and O–H groups in total. The number of para-hydroxylation sites is 1. The van der Waals surface area contributed by atoms with Gasteiger partial charge in [-0.25, -0.2) is 9.07 Å². The van der Waals surface area contributed by atoms with E-state index in [9.17, 15) is 4.39 Å². The first-order valence-electron chi connectivity index (χ1n) is 5.30. The molecule has 0 aliphatic carbocycles. The van der Waals surface area contributed by atoms with Gasteiger partial charge in [0.25, 0.3) is 0 Å². The van der Waals surface area contributed by atoms with Crippen molar-refractivity contribution in [1.29, 1.82) is 5.26 Å². The van der Waals surface area contributed by atoms with Crippen LogP contribution >= 0.6 is 0 Å². The minimum atomic E-state index is -0.496. The summed E-state index contributed by atoms with van der Waals surface area (Å²) in [4.78, 5) is 0. The molecule has 18 heavy (non-hydrogen) atoms. The third-order valence-corrected chi connectivity index (χ3v) is 2.66. The van der Waals surface area contributed by atoms with E-state index in [0.29, 0.717) is 5.52 Å². The number of benzene rings is 2. The third-order valence-electron chi connectivity index (χ3n) is 2.66. The molecular formula is C13H7FN4. The average molecular weight is 238 g/mol. The Morgan fingerprint density at radius 3 is 2.78 bits per heavy atom. The molecule has 0 unspecified atom stereocenters. The maximum atomic E-state index is 13.9. The molecule has 0 bridgehead atoms. The molecule has 0 spiro atoms. The fourth-order valence-corrected chi connectivity index (χ4v) is 1.80. The minimum absolute atomic E-state index is 0.278. The maximum Gasteiger partial charge on any atom is 0.150 e. The molecule has 3 rings (SSSR count). The Kier molecular flexibility index (Phi) is 2.27. The Morgan fingerprint density at radius 1 is 1.17 bits per heavy atom. The molecule has 86 valence electrons. The smallest absolute Gasteiger partial charge is 0.150 e. The highest BCUT2D eigenvalue weighted by atomic mass is 19.1. The predicted octanol–water partition coefficient (Wildman–Crippen LogP) is 2.43. The molecule has 0 atom stereocenters. The van der Waals surface area contributed by atoms with Crippen molar-refractivity contribution >= 4 is 11.0 Å². The van der Waals surface area contributed by atoms with Crippen LogP contribution in [0.2, 0.25) is 0 Å². The zero-order valence-electron chi connectivity index (χ0n) is 9.21. The highest BCUT2D eigenvalue weighted by Crippen LogP contribution is 2.19. The van der Waals surface area contributed by atoms with Gasteiger partial charge in [-0.2, -0.15) is 5.26 Å². The molecule has 2 aromatic carbocycles. The Morgan fingerprint density at radius 2 is 2.00 bits per heavy atom. The Hall–Kier alpha value is -2.74. The predicted molar refractivity (Wildman–Crippen MR) is 63.5 cm³/mol. The first-order valence-corrected chi connectivity index (χ1v) is 5.30. The van der Waals surface area contributed by atoms with Gasteiger partial charge in [0.1, 0.15) is 17.0 Å². The second-order valence-corrected chi connectivity index (χ2v) is 3.77. The zero-order chi connectivity index (χ0) is 12.5. The lowest BCUT2D eigenvalue weighted by Gasteiger charge is -2.03. The maximum absolute atomic E-state index is 13.9. The lowest BCUT2D eigenvalue weighted by molar-refractivity contribution is 0.609. The number of hydrogen-bond acceptors (Lipinski definition) is 3. The summed E-state index contributed by atoms with van der Waals surface area (Å²) in [7, 11) is 0. The van der Waals surface area contributed by atoms with E-state index in [1.165, 1.54) is 16.8 Å². The van der Waals surface area contributed by atoms with Gasteiger partial charge in [-0.15, -0.1) is 5.10 Å². The SMILES string of the molecule is N#Cc1ccc(-n2nnc3ccccc32)c(F)c1. The van der Waals surface area contributed by atoms with Crippen molar-refractivity contribution in [2.75, 3.05) is 0 Å². The second-order valence-electron chi connectivity index (χ2n) is 3.77. The Bertz CT molecular complexity index is 770. The van der Waals surface area contributed by atoms with Gasteiger partial charge in [0, 0.05) is 0 Å². The summed E-state index contributed by atoms with van der Waals surface area (Å²) in [6.07, 6.45) is 0. The molecule has 0 aliphatic heterocycles. The van der Waals surface area contributed by atoms with Gasteiger partial charge in [-0.05, 0) is 30.3 Å². The third kappa shape index (κ3) is 1.52. The monoisotopic (exact) mass is 238 g/mol. The zero-order valence-corrected chi connectivity index (χ0v) is 9.21. The standard InChI is InChI=1S/C13H7FN4/c14-10-7-9(8-15)5-6-12(10)18-13-4-2-1-3-11(13)16-17-18/h1-7H. The van der Waals surface area contributed by atoms with Crippen LogP contribution in [0.3, 0.4) is 0 Å². The van der Waals surface area contributed by atoms with Gasteiger partial charge in [0.05, 0.1) is 17.1 Å². The van der Waals surface area contributed by atoms with Crippen molar-refractivity contribution < 1.29 is 4.39 Å². The van der Waals surface area contributed by atoms with E-state index in [0.717, 1.165) is 5.52 Å². The summed E-state index contributed by atoms with van der Waals surface area (Å²) in [5.74, 6) is -0.496. The fourth-order valence-electron chi connectivity index (χ4n) is 1.80. The summed E-state index contributed by atoms with van der Waals surface area (Å²) >= 11 is 0. The lowest BCUT2D eigenvalue weighted by atomic mass is 10.2. The van der Waals surface area contributed by atoms with Crippen molar-refractivity contribution in [1.82, 2.24) is 15.0 Å². The van der Waals surface area contributed by atoms with Crippen molar-refractivity contribution in [3.63, 3.8) is 0 Å². The second kappa shape index (κ2) is 3.93. The Labute approximate surface area is 102 Å². The fraction of sp³-hybridized carbons (Fsp3) is 0. The van der Waals surface area contributed by atoms with Crippen LogP contribution in [-0.4, -0.2) is 15.0 Å². The number of nitriles is 1. The van der Waals surface area contributed by atoms with Gasteiger partial charge in [0.15, 0.2) is 0 Å². The van der Waals surface area contributed by atoms with E-state index in [4.69, 9.17) is 5.26 Å². The van der Waals surface area contributed by atoms with Crippen molar-refractivity contribution in [2.45, 2.75) is 0 Å². The number of hydrogen-bond donors (Lipinski definition) is 0. The molecule has 1 aromatic heterocycles. The first-order chi connectivity index (χ1) is 8.79. The van der Waals surface area contributed by atoms with Crippen LogP contribution < -0.4 is 0 Å². The van der Waals surface area contributed by atoms with E-state index in [1.807, 2.05) is 24.3 Å². The van der Waals surface area contributed by atoms with Crippen molar-refractivity contribution in [3.05, 3.63) is 53.8 Å². The summed E-state index contributed by atoms with van der Waals surface area (Å²) < 4.78 is 15.3. The first kappa shape index (κ1) is 10.4. The molecule has 0 radical (unpaired) electrons. The van der Waals surface area contributed by atoms with E-state index in [-0.39, 0.29) is 11.3 Å². The molecule has 0 amide bonds. The van der Waals surface area contributed by atoms with Crippen molar-refractivity contribution in [2.24, 2.45) is 0 Å². The Balaban J connectivity index is 2.24. The van der Waals surface area contributed by atoms with Gasteiger partial charge in [0.2, 0.25) is 0 Å². The molecule has 0 aliphatic rings. The van der Waals surface area contributed by atoms with Gasteiger partial charge in [-0.1, -0.05) is 17.3 Å². The summed E-state index contributed by atoms with van der Waals surface area (Å²) in [5.41, 5.74) is 1.98. The van der Waals surface area contributed by atoms with Crippen LogP contribution in [0.4, 0.5) is 4.39 Å². The highest BCUT2D eigenvalue weighted by Gasteiger charge is 2.10. The molecular weight excluding hydrogens is 231 g/mol. The number of rotatable bonds is 1. The number of aromatic nitrogens is 3. The molecule has 4 nitrogen and oxygen atoms in total. The van der Waals surface area contributed by atoms with Crippen LogP contribution in [-0.2, 0) is 0 Å². The molecule has 0 saturated carbocycles. The van der Waals surface area contributed by atoms with Gasteiger partial charge < -0.3 is 0 Å². The normalized spacial score (nSPS) is 10.4. The summed E-state index contributed by atoms with van der Waals surface area (Å²) in [5, 5.41) is 16.6. The van der Waals surface area contributed by atoms with Gasteiger partial charge in [-0.3, -0.25) is 0 Å². The number of nitrogens with zero attached hydrogens (tertiary/aromatic N) is 4.